The van der Waals surface area contributed by atoms with E-state index in [1.807, 2.05) is 31.5 Å². The minimum Gasteiger partial charge on any atom is -0.261 e. The Morgan fingerprint density at radius 3 is 2.94 bits per heavy atom. The fourth-order valence-electron chi connectivity index (χ4n) is 1.43. The first-order valence-corrected chi connectivity index (χ1v) is 5.86. The molecule has 0 saturated heterocycles. The molecule has 3 heterocycles. The third-order valence-corrected chi connectivity index (χ3v) is 3.24. The largest absolute Gasteiger partial charge is 0.261 e. The maximum atomic E-state index is 5.78. The molecule has 0 bridgehead atoms. The summed E-state index contributed by atoms with van der Waals surface area (Å²) in [6, 6.07) is 3.96. The number of aromatic nitrogens is 4. The number of imidazole rings is 1. The van der Waals surface area contributed by atoms with E-state index in [0.717, 1.165) is 21.9 Å². The van der Waals surface area contributed by atoms with Crippen molar-refractivity contribution >= 4 is 27.9 Å². The highest BCUT2D eigenvalue weighted by Gasteiger charge is 2.08. The van der Waals surface area contributed by atoms with Gasteiger partial charge in [0.15, 0.2) is 0 Å². The summed E-state index contributed by atoms with van der Waals surface area (Å²) < 4.78 is 2.18. The van der Waals surface area contributed by atoms with Gasteiger partial charge in [-0.25, -0.2) is 9.50 Å². The number of aryl methyl sites for hydroxylation is 1. The lowest BCUT2D eigenvalue weighted by molar-refractivity contribution is 0.974. The van der Waals surface area contributed by atoms with Crippen LogP contribution in [0.4, 0.5) is 0 Å². The van der Waals surface area contributed by atoms with Crippen molar-refractivity contribution in [3.05, 3.63) is 34.7 Å². The minimum atomic E-state index is 0.496. The first-order chi connectivity index (χ1) is 7.72. The molecule has 0 saturated carbocycles. The first kappa shape index (κ1) is 9.74. The highest BCUT2D eigenvalue weighted by atomic mass is 35.5. The number of fused-ring (bicyclic) bond motifs is 1. The normalized spacial score (nSPS) is 11.1. The van der Waals surface area contributed by atoms with Gasteiger partial charge in [0.1, 0.15) is 0 Å². The molecule has 0 spiro atoms. The molecule has 0 aliphatic carbocycles. The summed E-state index contributed by atoms with van der Waals surface area (Å²) in [5, 5.41) is 4.09. The molecule has 3 rings (SSSR count). The second-order valence-electron chi connectivity index (χ2n) is 3.40. The summed E-state index contributed by atoms with van der Waals surface area (Å²) in [6.07, 6.45) is 3.66. The molecule has 0 atom stereocenters. The van der Waals surface area contributed by atoms with Crippen LogP contribution in [0.2, 0.25) is 4.47 Å². The van der Waals surface area contributed by atoms with Crippen LogP contribution < -0.4 is 0 Å². The summed E-state index contributed by atoms with van der Waals surface area (Å²) in [6.45, 7) is 1.96. The highest BCUT2D eigenvalue weighted by molar-refractivity contribution is 7.20. The van der Waals surface area contributed by atoms with Crippen molar-refractivity contribution < 1.29 is 0 Å². The van der Waals surface area contributed by atoms with E-state index >= 15 is 0 Å². The van der Waals surface area contributed by atoms with Crippen molar-refractivity contribution in [1.82, 2.24) is 19.6 Å². The zero-order valence-electron chi connectivity index (χ0n) is 8.38. The topological polar surface area (TPSA) is 43.1 Å². The van der Waals surface area contributed by atoms with Crippen molar-refractivity contribution in [2.24, 2.45) is 0 Å². The molecule has 0 aromatic carbocycles. The molecule has 3 aromatic rings. The predicted molar refractivity (Wildman–Crippen MR) is 63.8 cm³/mol. The molecule has 0 amide bonds. The molecule has 0 fully saturated rings. The Labute approximate surface area is 101 Å². The zero-order chi connectivity index (χ0) is 11.1. The quantitative estimate of drug-likeness (QED) is 0.667. The number of halogens is 1. The smallest absolute Gasteiger partial charge is 0.213 e. The molecule has 0 aliphatic heterocycles. The average Bonchev–Trinajstić information content (AvgIpc) is 2.75. The average molecular weight is 251 g/mol. The number of nitrogens with zero attached hydrogens (tertiary/aromatic N) is 4. The van der Waals surface area contributed by atoms with Gasteiger partial charge in [-0.05, 0) is 30.7 Å². The van der Waals surface area contributed by atoms with E-state index < -0.39 is 0 Å². The van der Waals surface area contributed by atoms with Crippen LogP contribution >= 0.6 is 22.9 Å². The van der Waals surface area contributed by atoms with Gasteiger partial charge in [0, 0.05) is 17.5 Å². The minimum absolute atomic E-state index is 0.496. The monoisotopic (exact) mass is 250 g/mol. The van der Waals surface area contributed by atoms with E-state index in [9.17, 15) is 0 Å². The Morgan fingerprint density at radius 1 is 1.38 bits per heavy atom. The van der Waals surface area contributed by atoms with Crippen LogP contribution in [-0.4, -0.2) is 19.6 Å². The maximum absolute atomic E-state index is 5.78. The van der Waals surface area contributed by atoms with Crippen LogP contribution in [0.3, 0.4) is 0 Å². The van der Waals surface area contributed by atoms with E-state index in [1.165, 1.54) is 11.3 Å². The molecule has 0 N–H and O–H groups in total. The lowest BCUT2D eigenvalue weighted by atomic mass is 10.2. The van der Waals surface area contributed by atoms with Gasteiger partial charge in [0.2, 0.25) is 9.43 Å². The second-order valence-corrected chi connectivity index (χ2v) is 4.93. The first-order valence-electron chi connectivity index (χ1n) is 4.67. The summed E-state index contributed by atoms with van der Waals surface area (Å²) in [4.78, 5) is 9.46. The van der Waals surface area contributed by atoms with Gasteiger partial charge >= 0.3 is 0 Å². The third-order valence-electron chi connectivity index (χ3n) is 2.23. The van der Waals surface area contributed by atoms with Gasteiger partial charge in [-0.3, -0.25) is 4.98 Å². The van der Waals surface area contributed by atoms with Crippen molar-refractivity contribution in [2.45, 2.75) is 6.92 Å². The maximum Gasteiger partial charge on any atom is 0.213 e. The molecule has 80 valence electrons. The molecule has 4 nitrogen and oxygen atoms in total. The van der Waals surface area contributed by atoms with Crippen LogP contribution in [0.25, 0.3) is 16.2 Å². The molecule has 0 radical (unpaired) electrons. The summed E-state index contributed by atoms with van der Waals surface area (Å²) in [5.41, 5.74) is 2.84. The van der Waals surface area contributed by atoms with Crippen LogP contribution in [0.5, 0.6) is 0 Å². The van der Waals surface area contributed by atoms with E-state index in [-0.39, 0.29) is 0 Å². The SMILES string of the molecule is Cc1ccc(-c2cn3nc(Cl)sc3n2)cn1. The zero-order valence-corrected chi connectivity index (χ0v) is 9.96. The van der Waals surface area contributed by atoms with Gasteiger partial charge in [0.25, 0.3) is 0 Å². The van der Waals surface area contributed by atoms with Crippen LogP contribution in [0, 0.1) is 6.92 Å². The van der Waals surface area contributed by atoms with Crippen molar-refractivity contribution in [3.63, 3.8) is 0 Å². The molecular weight excluding hydrogens is 244 g/mol. The van der Waals surface area contributed by atoms with Crippen molar-refractivity contribution in [2.75, 3.05) is 0 Å². The van der Waals surface area contributed by atoms with Crippen LogP contribution in [0.15, 0.2) is 24.5 Å². The van der Waals surface area contributed by atoms with Crippen LogP contribution in [0.1, 0.15) is 5.69 Å². The molecule has 16 heavy (non-hydrogen) atoms. The molecule has 0 unspecified atom stereocenters. The van der Waals surface area contributed by atoms with Gasteiger partial charge in [-0.2, -0.15) is 0 Å². The Kier molecular flexibility index (Phi) is 2.15. The molecule has 6 heteroatoms. The van der Waals surface area contributed by atoms with E-state index in [1.54, 1.807) is 4.52 Å². The van der Waals surface area contributed by atoms with Gasteiger partial charge in [-0.15, -0.1) is 5.10 Å². The Balaban J connectivity index is 2.11. The van der Waals surface area contributed by atoms with Crippen molar-refractivity contribution in [3.8, 4) is 11.3 Å². The fourth-order valence-corrected chi connectivity index (χ4v) is 2.33. The second kappa shape index (κ2) is 3.54. The van der Waals surface area contributed by atoms with Gasteiger partial charge in [0.05, 0.1) is 11.9 Å². The summed E-state index contributed by atoms with van der Waals surface area (Å²) in [5.74, 6) is 0. The number of rotatable bonds is 1. The Hall–Kier alpha value is -1.46. The summed E-state index contributed by atoms with van der Waals surface area (Å²) >= 11 is 7.13. The standard InChI is InChI=1S/C10H7ClN4S/c1-6-2-3-7(4-12-6)8-5-15-10(13-8)16-9(11)14-15/h2-5H,1H3. The van der Waals surface area contributed by atoms with Gasteiger partial charge < -0.3 is 0 Å². The number of hydrogen-bond donors (Lipinski definition) is 0. The lowest BCUT2D eigenvalue weighted by Crippen LogP contribution is -1.82. The van der Waals surface area contributed by atoms with Gasteiger partial charge in [-0.1, -0.05) is 11.3 Å². The molecular formula is C10H7ClN4S. The van der Waals surface area contributed by atoms with E-state index in [0.29, 0.717) is 4.47 Å². The predicted octanol–water partition coefficient (Wildman–Crippen LogP) is 2.81. The van der Waals surface area contributed by atoms with Crippen molar-refractivity contribution in [1.29, 1.82) is 0 Å². The highest BCUT2D eigenvalue weighted by Crippen LogP contribution is 2.23. The third kappa shape index (κ3) is 1.58. The van der Waals surface area contributed by atoms with E-state index in [2.05, 4.69) is 15.1 Å². The molecule has 3 aromatic heterocycles. The fraction of sp³-hybridized carbons (Fsp3) is 0.100. The Bertz CT molecular complexity index is 609. The number of pyridine rings is 1. The Morgan fingerprint density at radius 2 is 2.25 bits per heavy atom. The molecule has 0 aliphatic rings. The summed E-state index contributed by atoms with van der Waals surface area (Å²) in [7, 11) is 0. The number of hydrogen-bond acceptors (Lipinski definition) is 4. The van der Waals surface area contributed by atoms with E-state index in [4.69, 9.17) is 11.6 Å². The van der Waals surface area contributed by atoms with Crippen LogP contribution in [-0.2, 0) is 0 Å². The lowest BCUT2D eigenvalue weighted by Gasteiger charge is -1.95.